The summed E-state index contributed by atoms with van der Waals surface area (Å²) in [6.07, 6.45) is 1.48. The summed E-state index contributed by atoms with van der Waals surface area (Å²) in [4.78, 5) is 26.7. The molecule has 5 heteroatoms. The molecule has 1 aliphatic rings. The molecule has 0 saturated carbocycles. The van der Waals surface area contributed by atoms with Crippen molar-refractivity contribution in [3.05, 3.63) is 59.1 Å². The van der Waals surface area contributed by atoms with E-state index in [1.54, 1.807) is 29.2 Å². The van der Waals surface area contributed by atoms with Gasteiger partial charge in [-0.25, -0.2) is 0 Å². The lowest BCUT2D eigenvalue weighted by Crippen LogP contribution is -2.33. The zero-order valence-corrected chi connectivity index (χ0v) is 14.2. The Bertz CT molecular complexity index is 741. The fourth-order valence-corrected chi connectivity index (χ4v) is 2.98. The fourth-order valence-electron chi connectivity index (χ4n) is 2.85. The van der Waals surface area contributed by atoms with Crippen LogP contribution in [-0.2, 0) is 16.0 Å². The SMILES string of the molecule is CCc1ccc(N2CC[C@@H](C(=O)Nc3ccc(Cl)cc3)C2=O)cc1. The summed E-state index contributed by atoms with van der Waals surface area (Å²) in [5.41, 5.74) is 2.71. The van der Waals surface area contributed by atoms with Gasteiger partial charge in [0.2, 0.25) is 11.8 Å². The van der Waals surface area contributed by atoms with E-state index < -0.39 is 5.92 Å². The van der Waals surface area contributed by atoms with Crippen molar-refractivity contribution in [3.63, 3.8) is 0 Å². The first-order valence-corrected chi connectivity index (χ1v) is 8.43. The molecule has 0 bridgehead atoms. The van der Waals surface area contributed by atoms with Gasteiger partial charge in [-0.15, -0.1) is 0 Å². The summed E-state index contributed by atoms with van der Waals surface area (Å²) in [6.45, 7) is 2.65. The lowest BCUT2D eigenvalue weighted by molar-refractivity contribution is -0.129. The Hall–Kier alpha value is -2.33. The van der Waals surface area contributed by atoms with E-state index in [1.807, 2.05) is 24.3 Å². The predicted molar refractivity (Wildman–Crippen MR) is 96.4 cm³/mol. The maximum Gasteiger partial charge on any atom is 0.239 e. The highest BCUT2D eigenvalue weighted by Crippen LogP contribution is 2.27. The van der Waals surface area contributed by atoms with E-state index in [4.69, 9.17) is 11.6 Å². The third-order valence-corrected chi connectivity index (χ3v) is 4.54. The van der Waals surface area contributed by atoms with Crippen LogP contribution in [0.5, 0.6) is 0 Å². The monoisotopic (exact) mass is 342 g/mol. The number of carbonyl (C=O) groups is 2. The molecule has 1 aliphatic heterocycles. The van der Waals surface area contributed by atoms with Gasteiger partial charge in [0.15, 0.2) is 0 Å². The van der Waals surface area contributed by atoms with Crippen molar-refractivity contribution in [2.45, 2.75) is 19.8 Å². The van der Waals surface area contributed by atoms with E-state index in [1.165, 1.54) is 5.56 Å². The summed E-state index contributed by atoms with van der Waals surface area (Å²) in [5, 5.41) is 3.39. The van der Waals surface area contributed by atoms with Crippen LogP contribution in [0.15, 0.2) is 48.5 Å². The fraction of sp³-hybridized carbons (Fsp3) is 0.263. The molecule has 0 unspecified atom stereocenters. The number of aryl methyl sites for hydroxylation is 1. The minimum Gasteiger partial charge on any atom is -0.325 e. The number of nitrogens with one attached hydrogen (secondary N) is 1. The number of hydrogen-bond donors (Lipinski definition) is 1. The van der Waals surface area contributed by atoms with Gasteiger partial charge in [-0.2, -0.15) is 0 Å². The summed E-state index contributed by atoms with van der Waals surface area (Å²) in [5.74, 6) is -1.06. The van der Waals surface area contributed by atoms with Crippen molar-refractivity contribution in [1.82, 2.24) is 0 Å². The number of benzene rings is 2. The average molecular weight is 343 g/mol. The summed E-state index contributed by atoms with van der Waals surface area (Å²) in [6, 6.07) is 14.8. The van der Waals surface area contributed by atoms with E-state index in [-0.39, 0.29) is 11.8 Å². The topological polar surface area (TPSA) is 49.4 Å². The first-order valence-electron chi connectivity index (χ1n) is 8.05. The minimum atomic E-state index is -0.647. The lowest BCUT2D eigenvalue weighted by atomic mass is 10.1. The molecule has 24 heavy (non-hydrogen) atoms. The Morgan fingerprint density at radius 1 is 1.17 bits per heavy atom. The standard InChI is InChI=1S/C19H19ClN2O2/c1-2-13-3-9-16(10-4-13)22-12-11-17(19(22)24)18(23)21-15-7-5-14(20)6-8-15/h3-10,17H,2,11-12H2,1H3,(H,21,23)/t17-/m0/s1. The van der Waals surface area contributed by atoms with Gasteiger partial charge < -0.3 is 10.2 Å². The van der Waals surface area contributed by atoms with Crippen LogP contribution in [0, 0.1) is 5.92 Å². The highest BCUT2D eigenvalue weighted by Gasteiger charge is 2.37. The second kappa shape index (κ2) is 7.05. The molecule has 1 atom stereocenters. The number of amides is 2. The van der Waals surface area contributed by atoms with Crippen molar-refractivity contribution < 1.29 is 9.59 Å². The number of carbonyl (C=O) groups excluding carboxylic acids is 2. The number of nitrogens with zero attached hydrogens (tertiary/aromatic N) is 1. The molecule has 2 amide bonds. The largest absolute Gasteiger partial charge is 0.325 e. The molecule has 2 aromatic rings. The minimum absolute atomic E-state index is 0.147. The highest BCUT2D eigenvalue weighted by atomic mass is 35.5. The van der Waals surface area contributed by atoms with E-state index in [0.717, 1.165) is 12.1 Å². The van der Waals surface area contributed by atoms with Crippen LogP contribution in [0.25, 0.3) is 0 Å². The number of rotatable bonds is 4. The van der Waals surface area contributed by atoms with E-state index in [0.29, 0.717) is 23.7 Å². The summed E-state index contributed by atoms with van der Waals surface area (Å²) < 4.78 is 0. The van der Waals surface area contributed by atoms with Crippen LogP contribution in [0.1, 0.15) is 18.9 Å². The number of anilines is 2. The molecule has 1 fully saturated rings. The third kappa shape index (κ3) is 3.44. The Labute approximate surface area is 146 Å². The van der Waals surface area contributed by atoms with Crippen LogP contribution in [0.4, 0.5) is 11.4 Å². The van der Waals surface area contributed by atoms with Gasteiger partial charge in [-0.1, -0.05) is 30.7 Å². The van der Waals surface area contributed by atoms with Crippen molar-refractivity contribution in [2.24, 2.45) is 5.92 Å². The Morgan fingerprint density at radius 2 is 1.83 bits per heavy atom. The van der Waals surface area contributed by atoms with Gasteiger partial charge in [-0.05, 0) is 54.8 Å². The second-order valence-corrected chi connectivity index (χ2v) is 6.28. The van der Waals surface area contributed by atoms with Gasteiger partial charge in [0.1, 0.15) is 5.92 Å². The van der Waals surface area contributed by atoms with Gasteiger partial charge in [-0.3, -0.25) is 9.59 Å². The zero-order valence-electron chi connectivity index (χ0n) is 13.5. The third-order valence-electron chi connectivity index (χ3n) is 4.29. The zero-order chi connectivity index (χ0) is 17.1. The van der Waals surface area contributed by atoms with Gasteiger partial charge >= 0.3 is 0 Å². The molecule has 124 valence electrons. The molecule has 0 spiro atoms. The molecule has 1 heterocycles. The van der Waals surface area contributed by atoms with E-state index in [2.05, 4.69) is 12.2 Å². The molecule has 2 aromatic carbocycles. The number of halogens is 1. The molecule has 1 saturated heterocycles. The Kier molecular flexibility index (Phi) is 4.86. The van der Waals surface area contributed by atoms with Crippen LogP contribution in [0.2, 0.25) is 5.02 Å². The smallest absolute Gasteiger partial charge is 0.239 e. The normalized spacial score (nSPS) is 17.2. The first-order chi connectivity index (χ1) is 11.6. The lowest BCUT2D eigenvalue weighted by Gasteiger charge is -2.17. The first kappa shape index (κ1) is 16.5. The van der Waals surface area contributed by atoms with Gasteiger partial charge in [0.25, 0.3) is 0 Å². The molecule has 0 aromatic heterocycles. The van der Waals surface area contributed by atoms with E-state index in [9.17, 15) is 9.59 Å². The summed E-state index contributed by atoms with van der Waals surface area (Å²) >= 11 is 5.83. The molecule has 0 aliphatic carbocycles. The van der Waals surface area contributed by atoms with Crippen molar-refractivity contribution in [3.8, 4) is 0 Å². The molecule has 3 rings (SSSR count). The van der Waals surface area contributed by atoms with Crippen molar-refractivity contribution in [1.29, 1.82) is 0 Å². The molecular weight excluding hydrogens is 324 g/mol. The maximum atomic E-state index is 12.6. The molecular formula is C19H19ClN2O2. The quantitative estimate of drug-likeness (QED) is 0.857. The average Bonchev–Trinajstić information content (AvgIpc) is 2.98. The van der Waals surface area contributed by atoms with E-state index >= 15 is 0 Å². The highest BCUT2D eigenvalue weighted by molar-refractivity contribution is 6.30. The predicted octanol–water partition coefficient (Wildman–Crippen LogP) is 3.89. The Morgan fingerprint density at radius 3 is 2.46 bits per heavy atom. The molecule has 1 N–H and O–H groups in total. The maximum absolute atomic E-state index is 12.6. The van der Waals surface area contributed by atoms with Crippen LogP contribution in [-0.4, -0.2) is 18.4 Å². The van der Waals surface area contributed by atoms with Gasteiger partial charge in [0, 0.05) is 22.9 Å². The van der Waals surface area contributed by atoms with Crippen molar-refractivity contribution in [2.75, 3.05) is 16.8 Å². The number of hydrogen-bond acceptors (Lipinski definition) is 2. The van der Waals surface area contributed by atoms with Crippen LogP contribution < -0.4 is 10.2 Å². The van der Waals surface area contributed by atoms with Crippen LogP contribution in [0.3, 0.4) is 0 Å². The van der Waals surface area contributed by atoms with Crippen LogP contribution >= 0.6 is 11.6 Å². The molecule has 4 nitrogen and oxygen atoms in total. The van der Waals surface area contributed by atoms with Gasteiger partial charge in [0.05, 0.1) is 0 Å². The summed E-state index contributed by atoms with van der Waals surface area (Å²) in [7, 11) is 0. The Balaban J connectivity index is 1.68. The van der Waals surface area contributed by atoms with Crippen molar-refractivity contribution >= 4 is 34.8 Å². The second-order valence-electron chi connectivity index (χ2n) is 5.85. The molecule has 0 radical (unpaired) electrons.